The second-order valence-electron chi connectivity index (χ2n) is 6.54. The second-order valence-corrected chi connectivity index (χ2v) is 7.38. The number of benzene rings is 1. The number of thiazole rings is 1. The average Bonchev–Trinajstić information content (AvgIpc) is 2.94. The maximum Gasteiger partial charge on any atom is 0.259 e. The van der Waals surface area contributed by atoms with Gasteiger partial charge in [0.25, 0.3) is 5.56 Å². The van der Waals surface area contributed by atoms with Gasteiger partial charge in [-0.05, 0) is 25.0 Å². The number of carbonyl (C=O) groups is 1. The van der Waals surface area contributed by atoms with Gasteiger partial charge < -0.3 is 10.1 Å². The van der Waals surface area contributed by atoms with Gasteiger partial charge in [-0.2, -0.15) is 0 Å². The molecule has 0 unspecified atom stereocenters. The standard InChI is InChI=1S/C19H21N3O3S/c1-12(2)7-17(23)20-14-5-4-6-16(8-14)25-10-15-9-18(24)22-13(3)11-26-19(22)21-15/h4-6,8-9,11-12H,7,10H2,1-3H3,(H,20,23). The molecule has 136 valence electrons. The number of carbonyl (C=O) groups excluding carboxylic acids is 1. The number of fused-ring (bicyclic) bond motifs is 1. The van der Waals surface area contributed by atoms with E-state index in [1.165, 1.54) is 17.4 Å². The van der Waals surface area contributed by atoms with Crippen LogP contribution >= 0.6 is 11.3 Å². The third kappa shape index (κ3) is 4.29. The number of ether oxygens (including phenoxy) is 1. The van der Waals surface area contributed by atoms with E-state index in [0.717, 1.165) is 5.69 Å². The number of hydrogen-bond acceptors (Lipinski definition) is 5. The van der Waals surface area contributed by atoms with Crippen LogP contribution in [0.2, 0.25) is 0 Å². The molecule has 2 heterocycles. The molecule has 0 aliphatic heterocycles. The Morgan fingerprint density at radius 2 is 2.15 bits per heavy atom. The zero-order valence-electron chi connectivity index (χ0n) is 15.0. The molecule has 0 aliphatic carbocycles. The van der Waals surface area contributed by atoms with Crippen LogP contribution in [-0.2, 0) is 11.4 Å². The Morgan fingerprint density at radius 3 is 2.92 bits per heavy atom. The fraction of sp³-hybridized carbons (Fsp3) is 0.316. The van der Waals surface area contributed by atoms with E-state index in [0.29, 0.717) is 34.4 Å². The van der Waals surface area contributed by atoms with Crippen LogP contribution in [0.3, 0.4) is 0 Å². The molecule has 6 nitrogen and oxygen atoms in total. The van der Waals surface area contributed by atoms with Crippen molar-refractivity contribution in [1.82, 2.24) is 9.38 Å². The average molecular weight is 371 g/mol. The molecular formula is C19H21N3O3S. The Bertz CT molecular complexity index is 991. The van der Waals surface area contributed by atoms with Crippen LogP contribution in [0.4, 0.5) is 5.69 Å². The highest BCUT2D eigenvalue weighted by atomic mass is 32.1. The first-order chi connectivity index (χ1) is 12.4. The summed E-state index contributed by atoms with van der Waals surface area (Å²) in [5.74, 6) is 0.887. The summed E-state index contributed by atoms with van der Waals surface area (Å²) in [4.78, 5) is 29.2. The minimum Gasteiger partial charge on any atom is -0.487 e. The van der Waals surface area contributed by atoms with Crippen LogP contribution < -0.4 is 15.6 Å². The summed E-state index contributed by atoms with van der Waals surface area (Å²) in [6.07, 6.45) is 0.471. The molecule has 1 N–H and O–H groups in total. The summed E-state index contributed by atoms with van der Waals surface area (Å²) in [7, 11) is 0. The van der Waals surface area contributed by atoms with E-state index in [4.69, 9.17) is 4.74 Å². The first-order valence-corrected chi connectivity index (χ1v) is 9.30. The fourth-order valence-corrected chi connectivity index (χ4v) is 3.47. The lowest BCUT2D eigenvalue weighted by Gasteiger charge is -2.10. The predicted molar refractivity (Wildman–Crippen MR) is 103 cm³/mol. The van der Waals surface area contributed by atoms with Gasteiger partial charge in [-0.1, -0.05) is 19.9 Å². The van der Waals surface area contributed by atoms with Gasteiger partial charge in [0.2, 0.25) is 5.91 Å². The fourth-order valence-electron chi connectivity index (χ4n) is 2.58. The molecule has 0 bridgehead atoms. The summed E-state index contributed by atoms with van der Waals surface area (Å²) in [5.41, 5.74) is 2.03. The molecule has 3 rings (SSSR count). The van der Waals surface area contributed by atoms with Crippen LogP contribution in [0.1, 0.15) is 31.7 Å². The summed E-state index contributed by atoms with van der Waals surface area (Å²) in [6, 6.07) is 8.68. The first kappa shape index (κ1) is 18.1. The molecule has 1 aromatic carbocycles. The van der Waals surface area contributed by atoms with Gasteiger partial charge in [0.15, 0.2) is 4.96 Å². The third-order valence-corrected chi connectivity index (χ3v) is 4.67. The van der Waals surface area contributed by atoms with E-state index in [-0.39, 0.29) is 18.1 Å². The minimum atomic E-state index is -0.109. The van der Waals surface area contributed by atoms with Crippen LogP contribution in [-0.4, -0.2) is 15.3 Å². The largest absolute Gasteiger partial charge is 0.487 e. The Labute approximate surface area is 155 Å². The van der Waals surface area contributed by atoms with Crippen molar-refractivity contribution in [3.8, 4) is 5.75 Å². The number of anilines is 1. The van der Waals surface area contributed by atoms with E-state index in [1.54, 1.807) is 16.5 Å². The Balaban J connectivity index is 1.69. The SMILES string of the molecule is Cc1csc2nc(COc3cccc(NC(=O)CC(C)C)c3)cc(=O)n12. The topological polar surface area (TPSA) is 72.7 Å². The highest BCUT2D eigenvalue weighted by molar-refractivity contribution is 7.15. The Morgan fingerprint density at radius 1 is 1.35 bits per heavy atom. The number of hydrogen-bond donors (Lipinski definition) is 1. The quantitative estimate of drug-likeness (QED) is 0.718. The van der Waals surface area contributed by atoms with Crippen LogP contribution in [0.15, 0.2) is 40.5 Å². The number of nitrogens with zero attached hydrogens (tertiary/aromatic N) is 2. The van der Waals surface area contributed by atoms with Gasteiger partial charge in [0.05, 0.1) is 5.69 Å². The number of amides is 1. The lowest BCUT2D eigenvalue weighted by molar-refractivity contribution is -0.116. The molecule has 1 amide bonds. The molecule has 0 fully saturated rings. The van der Waals surface area contributed by atoms with Gasteiger partial charge in [-0.3, -0.25) is 14.0 Å². The highest BCUT2D eigenvalue weighted by Crippen LogP contribution is 2.19. The normalized spacial score (nSPS) is 11.1. The zero-order valence-corrected chi connectivity index (χ0v) is 15.8. The van der Waals surface area contributed by atoms with Crippen molar-refractivity contribution in [2.75, 3.05) is 5.32 Å². The van der Waals surface area contributed by atoms with E-state index in [1.807, 2.05) is 38.3 Å². The lowest BCUT2D eigenvalue weighted by Crippen LogP contribution is -2.16. The van der Waals surface area contributed by atoms with Gasteiger partial charge in [-0.25, -0.2) is 4.98 Å². The maximum absolute atomic E-state index is 12.2. The monoisotopic (exact) mass is 371 g/mol. The van der Waals surface area contributed by atoms with Crippen molar-refractivity contribution < 1.29 is 9.53 Å². The van der Waals surface area contributed by atoms with Crippen LogP contribution in [0.25, 0.3) is 4.96 Å². The molecule has 3 aromatic rings. The van der Waals surface area contributed by atoms with Crippen molar-refractivity contribution >= 4 is 27.9 Å². The van der Waals surface area contributed by atoms with Gasteiger partial charge >= 0.3 is 0 Å². The summed E-state index contributed by atoms with van der Waals surface area (Å²) in [5, 5.41) is 4.76. The minimum absolute atomic E-state index is 0.0228. The lowest BCUT2D eigenvalue weighted by atomic mass is 10.1. The van der Waals surface area contributed by atoms with Gasteiger partial charge in [-0.15, -0.1) is 11.3 Å². The van der Waals surface area contributed by atoms with E-state index in [2.05, 4.69) is 10.3 Å². The van der Waals surface area contributed by atoms with Gasteiger partial charge in [0.1, 0.15) is 12.4 Å². The smallest absolute Gasteiger partial charge is 0.259 e. The predicted octanol–water partition coefficient (Wildman–Crippen LogP) is 3.63. The van der Waals surface area contributed by atoms with E-state index < -0.39 is 0 Å². The van der Waals surface area contributed by atoms with Crippen molar-refractivity contribution in [3.63, 3.8) is 0 Å². The molecule has 0 saturated heterocycles. The molecular weight excluding hydrogens is 350 g/mol. The molecule has 2 aromatic heterocycles. The number of aromatic nitrogens is 2. The molecule has 7 heteroatoms. The highest BCUT2D eigenvalue weighted by Gasteiger charge is 2.08. The summed E-state index contributed by atoms with van der Waals surface area (Å²) < 4.78 is 7.33. The van der Waals surface area contributed by atoms with Crippen molar-refractivity contribution in [2.45, 2.75) is 33.8 Å². The number of nitrogens with one attached hydrogen (secondary N) is 1. The Kier molecular flexibility index (Phi) is 5.37. The third-order valence-electron chi connectivity index (χ3n) is 3.73. The van der Waals surface area contributed by atoms with E-state index in [9.17, 15) is 9.59 Å². The maximum atomic E-state index is 12.2. The second kappa shape index (κ2) is 7.70. The van der Waals surface area contributed by atoms with E-state index >= 15 is 0 Å². The molecule has 0 saturated carbocycles. The number of aryl methyl sites for hydroxylation is 1. The van der Waals surface area contributed by atoms with Crippen LogP contribution in [0, 0.1) is 12.8 Å². The first-order valence-electron chi connectivity index (χ1n) is 8.42. The number of rotatable bonds is 6. The summed E-state index contributed by atoms with van der Waals surface area (Å²) >= 11 is 1.43. The van der Waals surface area contributed by atoms with Crippen molar-refractivity contribution in [2.24, 2.45) is 5.92 Å². The zero-order chi connectivity index (χ0) is 18.7. The van der Waals surface area contributed by atoms with Crippen LogP contribution in [0.5, 0.6) is 5.75 Å². The summed E-state index contributed by atoms with van der Waals surface area (Å²) in [6.45, 7) is 6.06. The van der Waals surface area contributed by atoms with Crippen molar-refractivity contribution in [3.05, 3.63) is 57.5 Å². The van der Waals surface area contributed by atoms with Gasteiger partial charge in [0, 0.05) is 35.3 Å². The molecule has 0 spiro atoms. The van der Waals surface area contributed by atoms with Crippen molar-refractivity contribution in [1.29, 1.82) is 0 Å². The Hall–Kier alpha value is -2.67. The molecule has 0 radical (unpaired) electrons. The molecule has 26 heavy (non-hydrogen) atoms. The molecule has 0 aliphatic rings. The molecule has 0 atom stereocenters.